The SMILES string of the molecule is C[C@H](CC#C[C@](C)(C#CC[C@@H](C)C=O)O[Si](C)(C)C)CO[Si](C)(C)C(C)(C)C. The van der Waals surface area contributed by atoms with Gasteiger partial charge in [-0.2, -0.15) is 0 Å². The van der Waals surface area contributed by atoms with Crippen LogP contribution in [0.3, 0.4) is 0 Å². The molecule has 28 heavy (non-hydrogen) atoms. The monoisotopic (exact) mass is 422 g/mol. The summed E-state index contributed by atoms with van der Waals surface area (Å²) in [6.45, 7) is 24.5. The highest BCUT2D eigenvalue weighted by atomic mass is 28.4. The first-order valence-corrected chi connectivity index (χ1v) is 16.6. The Labute approximate surface area is 176 Å². The molecule has 0 aromatic heterocycles. The van der Waals surface area contributed by atoms with Gasteiger partial charge in [0.05, 0.1) is 0 Å². The predicted molar refractivity (Wildman–Crippen MR) is 125 cm³/mol. The Balaban J connectivity index is 5.07. The van der Waals surface area contributed by atoms with Crippen LogP contribution in [-0.2, 0) is 13.6 Å². The van der Waals surface area contributed by atoms with Gasteiger partial charge in [-0.05, 0) is 50.6 Å². The lowest BCUT2D eigenvalue weighted by molar-refractivity contribution is -0.110. The Hall–Kier alpha value is -0.856. The van der Waals surface area contributed by atoms with Gasteiger partial charge in [0.25, 0.3) is 0 Å². The van der Waals surface area contributed by atoms with Gasteiger partial charge in [0.2, 0.25) is 0 Å². The van der Waals surface area contributed by atoms with Crippen LogP contribution < -0.4 is 0 Å². The van der Waals surface area contributed by atoms with Crippen molar-refractivity contribution in [3.8, 4) is 23.7 Å². The van der Waals surface area contributed by atoms with Crippen molar-refractivity contribution in [1.29, 1.82) is 0 Å². The Morgan fingerprint density at radius 1 is 0.929 bits per heavy atom. The van der Waals surface area contributed by atoms with Crippen LogP contribution in [0.15, 0.2) is 0 Å². The van der Waals surface area contributed by atoms with Crippen LogP contribution in [0.2, 0.25) is 37.8 Å². The molecular weight excluding hydrogens is 380 g/mol. The van der Waals surface area contributed by atoms with Crippen LogP contribution in [-0.4, -0.2) is 35.1 Å². The van der Waals surface area contributed by atoms with Crippen molar-refractivity contribution in [2.45, 2.75) is 97.8 Å². The van der Waals surface area contributed by atoms with E-state index in [9.17, 15) is 4.79 Å². The Kier molecular flexibility index (Phi) is 10.5. The first-order chi connectivity index (χ1) is 12.5. The van der Waals surface area contributed by atoms with E-state index >= 15 is 0 Å². The smallest absolute Gasteiger partial charge is 0.191 e. The Morgan fingerprint density at radius 2 is 1.43 bits per heavy atom. The van der Waals surface area contributed by atoms with E-state index in [-0.39, 0.29) is 11.0 Å². The molecule has 5 heteroatoms. The fraction of sp³-hybridized carbons (Fsp3) is 0.783. The largest absolute Gasteiger partial charge is 0.417 e. The second-order valence-electron chi connectivity index (χ2n) is 10.5. The molecule has 0 fully saturated rings. The summed E-state index contributed by atoms with van der Waals surface area (Å²) in [4.78, 5) is 10.8. The van der Waals surface area contributed by atoms with Crippen LogP contribution in [0.25, 0.3) is 0 Å². The third-order valence-electron chi connectivity index (χ3n) is 4.81. The van der Waals surface area contributed by atoms with Gasteiger partial charge < -0.3 is 13.6 Å². The molecule has 0 unspecified atom stereocenters. The lowest BCUT2D eigenvalue weighted by Gasteiger charge is -2.36. The summed E-state index contributed by atoms with van der Waals surface area (Å²) in [6, 6.07) is 0. The van der Waals surface area contributed by atoms with Gasteiger partial charge in [-0.1, -0.05) is 58.3 Å². The van der Waals surface area contributed by atoms with E-state index in [1.54, 1.807) is 0 Å². The second kappa shape index (κ2) is 10.8. The van der Waals surface area contributed by atoms with Gasteiger partial charge in [-0.25, -0.2) is 0 Å². The lowest BCUT2D eigenvalue weighted by Crippen LogP contribution is -2.41. The molecule has 0 aliphatic heterocycles. The molecule has 0 heterocycles. The first kappa shape index (κ1) is 27.1. The van der Waals surface area contributed by atoms with Crippen LogP contribution in [0, 0.1) is 35.5 Å². The summed E-state index contributed by atoms with van der Waals surface area (Å²) < 4.78 is 12.6. The van der Waals surface area contributed by atoms with E-state index in [2.05, 4.69) is 84.1 Å². The molecule has 0 N–H and O–H groups in total. The van der Waals surface area contributed by atoms with Crippen molar-refractivity contribution in [3.05, 3.63) is 0 Å². The first-order valence-electron chi connectivity index (χ1n) is 10.3. The summed E-state index contributed by atoms with van der Waals surface area (Å²) in [5.74, 6) is 13.1. The Bertz CT molecular complexity index is 621. The number of carbonyl (C=O) groups excluding carboxylic acids is 1. The summed E-state index contributed by atoms with van der Waals surface area (Å²) in [6.07, 6.45) is 2.22. The van der Waals surface area contributed by atoms with Crippen molar-refractivity contribution < 1.29 is 13.6 Å². The minimum Gasteiger partial charge on any atom is -0.417 e. The van der Waals surface area contributed by atoms with Crippen molar-refractivity contribution in [1.82, 2.24) is 0 Å². The molecule has 0 saturated heterocycles. The zero-order valence-corrected chi connectivity index (χ0v) is 22.1. The average Bonchev–Trinajstić information content (AvgIpc) is 2.49. The zero-order valence-electron chi connectivity index (χ0n) is 20.1. The van der Waals surface area contributed by atoms with Gasteiger partial charge in [-0.15, -0.1) is 0 Å². The molecule has 0 spiro atoms. The third kappa shape index (κ3) is 11.2. The van der Waals surface area contributed by atoms with E-state index in [1.165, 1.54) is 0 Å². The lowest BCUT2D eigenvalue weighted by atomic mass is 10.0. The fourth-order valence-corrected chi connectivity index (χ4v) is 4.60. The maximum absolute atomic E-state index is 10.8. The molecule has 160 valence electrons. The normalized spacial score (nSPS) is 16.7. The predicted octanol–water partition coefficient (Wildman–Crippen LogP) is 5.88. The number of hydrogen-bond donors (Lipinski definition) is 0. The van der Waals surface area contributed by atoms with Crippen LogP contribution in [0.4, 0.5) is 0 Å². The van der Waals surface area contributed by atoms with E-state index in [1.807, 2.05) is 13.8 Å². The average molecular weight is 423 g/mol. The van der Waals surface area contributed by atoms with E-state index in [0.29, 0.717) is 12.3 Å². The molecule has 0 aromatic rings. The van der Waals surface area contributed by atoms with Crippen molar-refractivity contribution in [2.75, 3.05) is 6.61 Å². The number of carbonyl (C=O) groups is 1. The molecule has 3 nitrogen and oxygen atoms in total. The fourth-order valence-electron chi connectivity index (χ4n) is 2.14. The molecule has 0 radical (unpaired) electrons. The molecular formula is C23H42O3Si2. The van der Waals surface area contributed by atoms with Crippen LogP contribution in [0.1, 0.15) is 54.4 Å². The van der Waals surface area contributed by atoms with Gasteiger partial charge >= 0.3 is 0 Å². The number of rotatable bonds is 8. The topological polar surface area (TPSA) is 35.5 Å². The van der Waals surface area contributed by atoms with Gasteiger partial charge in [0.15, 0.2) is 22.2 Å². The number of aldehydes is 1. The number of hydrogen-bond acceptors (Lipinski definition) is 3. The molecule has 0 aliphatic rings. The molecule has 0 aromatic carbocycles. The van der Waals surface area contributed by atoms with E-state index in [0.717, 1.165) is 19.3 Å². The molecule has 0 aliphatic carbocycles. The highest BCUT2D eigenvalue weighted by molar-refractivity contribution is 6.74. The summed E-state index contributed by atoms with van der Waals surface area (Å²) in [5.41, 5.74) is -0.785. The summed E-state index contributed by atoms with van der Waals surface area (Å²) >= 11 is 0. The zero-order chi connectivity index (χ0) is 22.2. The molecule has 0 amide bonds. The minimum absolute atomic E-state index is 0.0656. The molecule has 0 bridgehead atoms. The second-order valence-corrected chi connectivity index (χ2v) is 19.8. The summed E-state index contributed by atoms with van der Waals surface area (Å²) in [5, 5.41) is 0.219. The molecule has 3 atom stereocenters. The van der Waals surface area contributed by atoms with Gasteiger partial charge in [0.1, 0.15) is 6.29 Å². The highest BCUT2D eigenvalue weighted by Crippen LogP contribution is 2.36. The van der Waals surface area contributed by atoms with Crippen molar-refractivity contribution >= 4 is 22.9 Å². The van der Waals surface area contributed by atoms with Crippen LogP contribution in [0.5, 0.6) is 0 Å². The quantitative estimate of drug-likeness (QED) is 0.278. The highest BCUT2D eigenvalue weighted by Gasteiger charge is 2.37. The Morgan fingerprint density at radius 3 is 1.86 bits per heavy atom. The van der Waals surface area contributed by atoms with Gasteiger partial charge in [-0.3, -0.25) is 0 Å². The maximum Gasteiger partial charge on any atom is 0.191 e. The minimum atomic E-state index is -1.81. The standard InChI is InChI=1S/C23H42O3Si2/c1-20(18-24)14-12-16-23(6,26-27(7,8)9)17-13-15-21(2)19-25-28(10,11)22(3,4)5/h18,20-21H,14-15,19H2,1-11H3/t20-,21-,23+/m1/s1. The van der Waals surface area contributed by atoms with E-state index < -0.39 is 22.2 Å². The molecule has 0 rings (SSSR count). The molecule has 0 saturated carbocycles. The summed E-state index contributed by atoms with van der Waals surface area (Å²) in [7, 11) is -3.54. The van der Waals surface area contributed by atoms with Crippen molar-refractivity contribution in [2.24, 2.45) is 11.8 Å². The third-order valence-corrected chi connectivity index (χ3v) is 10.3. The van der Waals surface area contributed by atoms with E-state index in [4.69, 9.17) is 8.85 Å². The van der Waals surface area contributed by atoms with Gasteiger partial charge in [0, 0.05) is 25.4 Å². The maximum atomic E-state index is 10.8. The van der Waals surface area contributed by atoms with Crippen molar-refractivity contribution in [3.63, 3.8) is 0 Å². The van der Waals surface area contributed by atoms with Crippen LogP contribution >= 0.6 is 0 Å².